The van der Waals surface area contributed by atoms with Crippen molar-refractivity contribution >= 4 is 29.1 Å². The lowest BCUT2D eigenvalue weighted by molar-refractivity contribution is -0.135. The summed E-state index contributed by atoms with van der Waals surface area (Å²) in [6.45, 7) is 2.01. The van der Waals surface area contributed by atoms with Gasteiger partial charge in [0.25, 0.3) is 0 Å². The lowest BCUT2D eigenvalue weighted by Crippen LogP contribution is -2.38. The minimum absolute atomic E-state index is 0.0521. The molecule has 2 saturated heterocycles. The molecule has 0 aromatic heterocycles. The van der Waals surface area contributed by atoms with Crippen LogP contribution in [0.5, 0.6) is 5.75 Å². The second-order valence-corrected chi connectivity index (χ2v) is 6.90. The van der Waals surface area contributed by atoms with Crippen LogP contribution in [-0.2, 0) is 9.59 Å². The third-order valence-electron chi connectivity index (χ3n) is 4.82. The van der Waals surface area contributed by atoms with Crippen LogP contribution < -0.4 is 9.64 Å². The number of nitrogens with zero attached hydrogens (tertiary/aromatic N) is 2. The molecule has 2 amide bonds. The van der Waals surface area contributed by atoms with Gasteiger partial charge in [-0.15, -0.1) is 0 Å². The van der Waals surface area contributed by atoms with Crippen LogP contribution in [0.15, 0.2) is 18.2 Å². The molecule has 2 heterocycles. The number of rotatable bonds is 3. The Bertz CT molecular complexity index is 627. The molecule has 0 radical (unpaired) electrons. The molecule has 2 aliphatic rings. The third kappa shape index (κ3) is 3.51. The molecule has 1 aromatic rings. The van der Waals surface area contributed by atoms with E-state index in [1.807, 2.05) is 4.90 Å². The normalized spacial score (nSPS) is 21.8. The van der Waals surface area contributed by atoms with Gasteiger partial charge in [-0.1, -0.05) is 24.4 Å². The van der Waals surface area contributed by atoms with Gasteiger partial charge in [0.1, 0.15) is 5.75 Å². The fraction of sp³-hybridized carbons (Fsp3) is 0.556. The van der Waals surface area contributed by atoms with Gasteiger partial charge in [0.05, 0.1) is 18.7 Å². The highest BCUT2D eigenvalue weighted by atomic mass is 35.5. The van der Waals surface area contributed by atoms with Crippen LogP contribution in [0.2, 0.25) is 5.02 Å². The van der Waals surface area contributed by atoms with Gasteiger partial charge < -0.3 is 14.5 Å². The van der Waals surface area contributed by atoms with Crippen LogP contribution in [0.1, 0.15) is 32.1 Å². The minimum Gasteiger partial charge on any atom is -0.495 e. The maximum Gasteiger partial charge on any atom is 0.228 e. The molecule has 2 fully saturated rings. The molecule has 1 unspecified atom stereocenters. The predicted octanol–water partition coefficient (Wildman–Crippen LogP) is 3.10. The Morgan fingerprint density at radius 2 is 1.92 bits per heavy atom. The van der Waals surface area contributed by atoms with Crippen LogP contribution in [-0.4, -0.2) is 43.5 Å². The fourth-order valence-electron chi connectivity index (χ4n) is 3.53. The van der Waals surface area contributed by atoms with Gasteiger partial charge in [-0.25, -0.2) is 0 Å². The van der Waals surface area contributed by atoms with E-state index in [1.54, 1.807) is 30.2 Å². The molecule has 1 aromatic carbocycles. The average Bonchev–Trinajstić information content (AvgIpc) is 2.79. The Balaban J connectivity index is 1.76. The van der Waals surface area contributed by atoms with E-state index in [0.717, 1.165) is 25.9 Å². The van der Waals surface area contributed by atoms with E-state index < -0.39 is 0 Å². The summed E-state index contributed by atoms with van der Waals surface area (Å²) in [4.78, 5) is 28.8. The largest absolute Gasteiger partial charge is 0.495 e. The van der Waals surface area contributed by atoms with Gasteiger partial charge in [0.2, 0.25) is 11.8 Å². The van der Waals surface area contributed by atoms with Crippen LogP contribution in [0, 0.1) is 5.92 Å². The number of halogens is 1. The zero-order valence-electron chi connectivity index (χ0n) is 14.0. The number of ether oxygens (including phenoxy) is 1. The molecular formula is C18H23ClN2O3. The molecule has 0 spiro atoms. The summed E-state index contributed by atoms with van der Waals surface area (Å²) in [6.07, 6.45) is 4.72. The van der Waals surface area contributed by atoms with E-state index in [0.29, 0.717) is 23.0 Å². The number of carbonyl (C=O) groups is 2. The summed E-state index contributed by atoms with van der Waals surface area (Å²) in [5, 5.41) is 0.542. The van der Waals surface area contributed by atoms with Gasteiger partial charge in [-0.05, 0) is 31.0 Å². The fourth-order valence-corrected chi connectivity index (χ4v) is 3.70. The number of hydrogen-bond donors (Lipinski definition) is 0. The molecule has 0 saturated carbocycles. The van der Waals surface area contributed by atoms with Crippen molar-refractivity contribution in [2.75, 3.05) is 31.6 Å². The Labute approximate surface area is 147 Å². The smallest absolute Gasteiger partial charge is 0.228 e. The number of benzene rings is 1. The highest BCUT2D eigenvalue weighted by Gasteiger charge is 2.38. The molecule has 5 nitrogen and oxygen atoms in total. The first kappa shape index (κ1) is 17.1. The summed E-state index contributed by atoms with van der Waals surface area (Å²) >= 11 is 6.07. The summed E-state index contributed by atoms with van der Waals surface area (Å²) in [5.74, 6) is 0.368. The van der Waals surface area contributed by atoms with Gasteiger partial charge >= 0.3 is 0 Å². The van der Waals surface area contributed by atoms with Crippen LogP contribution >= 0.6 is 11.6 Å². The number of anilines is 1. The molecular weight excluding hydrogens is 328 g/mol. The maximum atomic E-state index is 12.8. The van der Waals surface area contributed by atoms with E-state index in [-0.39, 0.29) is 24.2 Å². The SMILES string of the molecule is COc1ccc(Cl)cc1N1CC(C(=O)N2CCCCCC2)CC1=O. The van der Waals surface area contributed by atoms with E-state index in [9.17, 15) is 9.59 Å². The predicted molar refractivity (Wildman–Crippen MR) is 93.5 cm³/mol. The number of carbonyl (C=O) groups excluding carboxylic acids is 2. The summed E-state index contributed by atoms with van der Waals surface area (Å²) in [7, 11) is 1.56. The summed E-state index contributed by atoms with van der Waals surface area (Å²) in [6, 6.07) is 5.19. The van der Waals surface area contributed by atoms with E-state index >= 15 is 0 Å². The number of hydrogen-bond acceptors (Lipinski definition) is 3. The van der Waals surface area contributed by atoms with Crippen molar-refractivity contribution in [3.8, 4) is 5.75 Å². The summed E-state index contributed by atoms with van der Waals surface area (Å²) < 4.78 is 5.34. The van der Waals surface area contributed by atoms with E-state index in [1.165, 1.54) is 12.8 Å². The molecule has 0 N–H and O–H groups in total. The first-order chi connectivity index (χ1) is 11.6. The molecule has 3 rings (SSSR count). The zero-order valence-corrected chi connectivity index (χ0v) is 14.7. The second-order valence-electron chi connectivity index (χ2n) is 6.46. The second kappa shape index (κ2) is 7.43. The molecule has 0 aliphatic carbocycles. The Morgan fingerprint density at radius 3 is 2.58 bits per heavy atom. The van der Waals surface area contributed by atoms with Crippen molar-refractivity contribution in [2.45, 2.75) is 32.1 Å². The van der Waals surface area contributed by atoms with Crippen molar-refractivity contribution in [3.05, 3.63) is 23.2 Å². The summed E-state index contributed by atoms with van der Waals surface area (Å²) in [5.41, 5.74) is 0.640. The van der Waals surface area contributed by atoms with Crippen LogP contribution in [0.25, 0.3) is 0 Å². The van der Waals surface area contributed by atoms with E-state index in [2.05, 4.69) is 0 Å². The molecule has 130 valence electrons. The van der Waals surface area contributed by atoms with Crippen molar-refractivity contribution in [2.24, 2.45) is 5.92 Å². The van der Waals surface area contributed by atoms with Crippen LogP contribution in [0.3, 0.4) is 0 Å². The minimum atomic E-state index is -0.278. The van der Waals surface area contributed by atoms with Crippen molar-refractivity contribution in [3.63, 3.8) is 0 Å². The van der Waals surface area contributed by atoms with E-state index in [4.69, 9.17) is 16.3 Å². The quantitative estimate of drug-likeness (QED) is 0.841. The molecule has 0 bridgehead atoms. The topological polar surface area (TPSA) is 49.9 Å². The monoisotopic (exact) mass is 350 g/mol. The van der Waals surface area contributed by atoms with Gasteiger partial charge in [0, 0.05) is 31.1 Å². The molecule has 2 aliphatic heterocycles. The van der Waals surface area contributed by atoms with Crippen molar-refractivity contribution in [1.82, 2.24) is 4.90 Å². The molecule has 24 heavy (non-hydrogen) atoms. The lowest BCUT2D eigenvalue weighted by Gasteiger charge is -2.24. The van der Waals surface area contributed by atoms with Gasteiger partial charge in [0.15, 0.2) is 0 Å². The molecule has 1 atom stereocenters. The highest BCUT2D eigenvalue weighted by molar-refractivity contribution is 6.31. The van der Waals surface area contributed by atoms with Gasteiger partial charge in [-0.3, -0.25) is 9.59 Å². The Morgan fingerprint density at radius 1 is 1.21 bits per heavy atom. The highest BCUT2D eigenvalue weighted by Crippen LogP contribution is 2.35. The third-order valence-corrected chi connectivity index (χ3v) is 5.06. The lowest BCUT2D eigenvalue weighted by atomic mass is 10.1. The number of likely N-dealkylation sites (tertiary alicyclic amines) is 1. The zero-order chi connectivity index (χ0) is 17.1. The van der Waals surface area contributed by atoms with Gasteiger partial charge in [-0.2, -0.15) is 0 Å². The number of amides is 2. The van der Waals surface area contributed by atoms with Crippen molar-refractivity contribution < 1.29 is 14.3 Å². The Hall–Kier alpha value is -1.75. The average molecular weight is 351 g/mol. The first-order valence-corrected chi connectivity index (χ1v) is 8.90. The first-order valence-electron chi connectivity index (χ1n) is 8.53. The standard InChI is InChI=1S/C18H23ClN2O3/c1-24-16-7-6-14(19)11-15(16)21-12-13(10-17(21)22)18(23)20-8-4-2-3-5-9-20/h6-7,11,13H,2-5,8-10,12H2,1H3. The molecule has 6 heteroatoms. The van der Waals surface area contributed by atoms with Crippen LogP contribution in [0.4, 0.5) is 5.69 Å². The number of methoxy groups -OCH3 is 1. The maximum absolute atomic E-state index is 12.8. The Kier molecular flexibility index (Phi) is 5.29. The van der Waals surface area contributed by atoms with Crippen molar-refractivity contribution in [1.29, 1.82) is 0 Å².